The molecule has 0 aromatic heterocycles. The van der Waals surface area contributed by atoms with E-state index in [9.17, 15) is 43.2 Å². The van der Waals surface area contributed by atoms with Gasteiger partial charge in [0.25, 0.3) is 0 Å². The molecule has 0 saturated carbocycles. The van der Waals surface area contributed by atoms with Crippen LogP contribution in [-0.2, 0) is 65.4 Å². The number of aliphatic hydroxyl groups excluding tert-OH is 1. The van der Waals surface area contributed by atoms with Crippen molar-refractivity contribution in [2.24, 2.45) is 11.8 Å². The van der Waals surface area contributed by atoms with Crippen molar-refractivity contribution < 1.29 is 80.2 Å². The quantitative estimate of drug-likeness (QED) is 0.0169. The predicted octanol–water partition coefficient (Wildman–Crippen LogP) is 20.3. The second-order valence-corrected chi connectivity index (χ2v) is 28.9. The van der Waals surface area contributed by atoms with Gasteiger partial charge in [0.15, 0.2) is 12.2 Å². The van der Waals surface area contributed by atoms with E-state index in [-0.39, 0.29) is 25.7 Å². The zero-order valence-electron chi connectivity index (χ0n) is 58.6. The number of hydrogen-bond acceptors (Lipinski definition) is 15. The van der Waals surface area contributed by atoms with Crippen LogP contribution in [-0.4, -0.2) is 96.7 Å². The highest BCUT2D eigenvalue weighted by Gasteiger charge is 2.30. The SMILES string of the molecule is CCCCCC/C=C\C=C/CCCCCCCC(=O)OC[C@H](COP(=O)(O)OC[C@@H](O)COP(=O)(O)OC[C@@H](COC(=O)CCCCCCCCCCCC)OC(=O)CCCCCCCCC(C)CC)OC(=O)CCCCCCCCCCCCCCCC(C)C. The molecule has 0 aliphatic rings. The first kappa shape index (κ1) is 88.5. The van der Waals surface area contributed by atoms with Crippen molar-refractivity contribution in [1.29, 1.82) is 0 Å². The highest BCUT2D eigenvalue weighted by Crippen LogP contribution is 2.45. The number of rotatable bonds is 69. The number of ether oxygens (including phenoxy) is 4. The Morgan fingerprint density at radius 1 is 0.363 bits per heavy atom. The Kier molecular flexibility index (Phi) is 61.9. The van der Waals surface area contributed by atoms with Gasteiger partial charge in [0, 0.05) is 25.7 Å². The second kappa shape index (κ2) is 63.6. The van der Waals surface area contributed by atoms with Crippen LogP contribution < -0.4 is 0 Å². The van der Waals surface area contributed by atoms with E-state index < -0.39 is 97.5 Å². The molecule has 3 unspecified atom stereocenters. The van der Waals surface area contributed by atoms with Crippen LogP contribution in [0.15, 0.2) is 24.3 Å². The van der Waals surface area contributed by atoms with Crippen LogP contribution in [0, 0.1) is 11.8 Å². The average molecular weight is 1340 g/mol. The number of hydrogen-bond donors (Lipinski definition) is 3. The highest BCUT2D eigenvalue weighted by molar-refractivity contribution is 7.47. The third kappa shape index (κ3) is 64.6. The van der Waals surface area contributed by atoms with Crippen molar-refractivity contribution in [2.45, 2.75) is 362 Å². The number of esters is 4. The van der Waals surface area contributed by atoms with E-state index in [0.717, 1.165) is 121 Å². The lowest BCUT2D eigenvalue weighted by molar-refractivity contribution is -0.161. The molecule has 0 heterocycles. The molecule has 0 rings (SSSR count). The maximum atomic E-state index is 13.0. The molecule has 0 spiro atoms. The fraction of sp³-hybridized carbons (Fsp3) is 0.889. The number of carbonyl (C=O) groups excluding carboxylic acids is 4. The van der Waals surface area contributed by atoms with Gasteiger partial charge < -0.3 is 33.8 Å². The Bertz CT molecular complexity index is 1860. The first-order chi connectivity index (χ1) is 43.9. The van der Waals surface area contributed by atoms with Crippen LogP contribution in [0.25, 0.3) is 0 Å². The van der Waals surface area contributed by atoms with Gasteiger partial charge in [0.05, 0.1) is 26.4 Å². The van der Waals surface area contributed by atoms with Gasteiger partial charge >= 0.3 is 39.5 Å². The molecule has 0 aromatic carbocycles. The van der Waals surface area contributed by atoms with Crippen molar-refractivity contribution in [3.05, 3.63) is 24.3 Å². The molecule has 0 bridgehead atoms. The summed E-state index contributed by atoms with van der Waals surface area (Å²) in [6.07, 6.45) is 52.1. The molecule has 536 valence electrons. The molecular weight excluding hydrogens is 1200 g/mol. The molecule has 91 heavy (non-hydrogen) atoms. The lowest BCUT2D eigenvalue weighted by Crippen LogP contribution is -2.30. The molecule has 0 radical (unpaired) electrons. The van der Waals surface area contributed by atoms with E-state index >= 15 is 0 Å². The van der Waals surface area contributed by atoms with Gasteiger partial charge in [-0.1, -0.05) is 291 Å². The van der Waals surface area contributed by atoms with Crippen molar-refractivity contribution in [3.8, 4) is 0 Å². The van der Waals surface area contributed by atoms with Gasteiger partial charge in [-0.25, -0.2) is 9.13 Å². The van der Waals surface area contributed by atoms with Crippen molar-refractivity contribution in [3.63, 3.8) is 0 Å². The molecule has 0 aromatic rings. The Morgan fingerprint density at radius 3 is 0.989 bits per heavy atom. The maximum absolute atomic E-state index is 13.0. The topological polar surface area (TPSA) is 237 Å². The van der Waals surface area contributed by atoms with E-state index in [1.807, 2.05) is 0 Å². The first-order valence-corrected chi connectivity index (χ1v) is 39.8. The third-order valence-corrected chi connectivity index (χ3v) is 18.3. The van der Waals surface area contributed by atoms with Crippen molar-refractivity contribution in [1.82, 2.24) is 0 Å². The second-order valence-electron chi connectivity index (χ2n) is 26.0. The summed E-state index contributed by atoms with van der Waals surface area (Å²) in [5.41, 5.74) is 0. The fourth-order valence-corrected chi connectivity index (χ4v) is 12.0. The van der Waals surface area contributed by atoms with Crippen LogP contribution in [0.4, 0.5) is 0 Å². The van der Waals surface area contributed by atoms with Crippen LogP contribution in [0.5, 0.6) is 0 Å². The third-order valence-electron chi connectivity index (χ3n) is 16.4. The fourth-order valence-electron chi connectivity index (χ4n) is 10.4. The normalized spacial score (nSPS) is 14.6. The van der Waals surface area contributed by atoms with Crippen molar-refractivity contribution in [2.75, 3.05) is 39.6 Å². The molecule has 19 heteroatoms. The summed E-state index contributed by atoms with van der Waals surface area (Å²) in [5, 5.41) is 10.6. The number of unbranched alkanes of at least 4 members (excludes halogenated alkanes) is 35. The number of carbonyl (C=O) groups is 4. The van der Waals surface area contributed by atoms with E-state index in [0.29, 0.717) is 25.7 Å². The molecule has 0 saturated heterocycles. The number of phosphoric ester groups is 2. The summed E-state index contributed by atoms with van der Waals surface area (Å²) < 4.78 is 68.3. The molecule has 6 atom stereocenters. The largest absolute Gasteiger partial charge is 0.472 e. The van der Waals surface area contributed by atoms with Gasteiger partial charge in [0.1, 0.15) is 19.3 Å². The minimum atomic E-state index is -4.96. The number of phosphoric acid groups is 2. The number of allylic oxidation sites excluding steroid dienone is 4. The van der Waals surface area contributed by atoms with E-state index in [1.54, 1.807) is 0 Å². The summed E-state index contributed by atoms with van der Waals surface area (Å²) in [7, 11) is -9.91. The van der Waals surface area contributed by atoms with E-state index in [2.05, 4.69) is 65.8 Å². The highest BCUT2D eigenvalue weighted by atomic mass is 31.2. The predicted molar refractivity (Wildman–Crippen MR) is 367 cm³/mol. The lowest BCUT2D eigenvalue weighted by atomic mass is 10.00. The molecule has 17 nitrogen and oxygen atoms in total. The zero-order valence-corrected chi connectivity index (χ0v) is 60.4. The molecule has 0 amide bonds. The first-order valence-electron chi connectivity index (χ1n) is 36.8. The van der Waals surface area contributed by atoms with Crippen LogP contribution in [0.3, 0.4) is 0 Å². The molecular formula is C72H136O17P2. The molecule has 0 fully saturated rings. The summed E-state index contributed by atoms with van der Waals surface area (Å²) in [6, 6.07) is 0. The Labute approximate surface area is 554 Å². The van der Waals surface area contributed by atoms with Crippen LogP contribution in [0.2, 0.25) is 0 Å². The van der Waals surface area contributed by atoms with E-state index in [1.165, 1.54) is 141 Å². The standard InChI is InChI=1S/C72H136O17P2/c1-7-10-12-14-16-18-20-21-22-25-28-32-36-43-49-55-70(75)82-60-67(88-71(76)56-50-44-37-33-29-26-23-24-27-30-34-40-46-52-64(4)5)62-86-90(78,79)84-58-66(73)59-85-91(80,81)87-63-68(89-72(77)57-51-45-39-38-41-47-53-65(6)9-3)61-83-69(74)54-48-42-35-31-19-17-15-13-11-8-2/h18,20-22,64-68,73H,7-17,19,23-63H2,1-6H3,(H,78,79)(H,80,81)/b20-18-,22-21-/t65?,66-,67-,68-/m1/s1. The van der Waals surface area contributed by atoms with Crippen molar-refractivity contribution >= 4 is 39.5 Å². The van der Waals surface area contributed by atoms with Gasteiger partial charge in [0.2, 0.25) is 0 Å². The minimum Gasteiger partial charge on any atom is -0.462 e. The molecule has 0 aliphatic heterocycles. The smallest absolute Gasteiger partial charge is 0.462 e. The average Bonchev–Trinajstić information content (AvgIpc) is 3.59. The Balaban J connectivity index is 5.28. The van der Waals surface area contributed by atoms with Gasteiger partial charge in [-0.15, -0.1) is 0 Å². The van der Waals surface area contributed by atoms with Crippen LogP contribution >= 0.6 is 15.6 Å². The Morgan fingerprint density at radius 2 is 0.648 bits per heavy atom. The summed E-state index contributed by atoms with van der Waals surface area (Å²) in [6.45, 7) is 9.45. The summed E-state index contributed by atoms with van der Waals surface area (Å²) in [4.78, 5) is 72.6. The summed E-state index contributed by atoms with van der Waals surface area (Å²) >= 11 is 0. The van der Waals surface area contributed by atoms with E-state index in [4.69, 9.17) is 37.0 Å². The zero-order chi connectivity index (χ0) is 67.2. The number of aliphatic hydroxyl groups is 1. The summed E-state index contributed by atoms with van der Waals surface area (Å²) in [5.74, 6) is -0.652. The van der Waals surface area contributed by atoms with Gasteiger partial charge in [-0.2, -0.15) is 0 Å². The van der Waals surface area contributed by atoms with Gasteiger partial charge in [-0.3, -0.25) is 37.3 Å². The molecule has 3 N–H and O–H groups in total. The van der Waals surface area contributed by atoms with Crippen LogP contribution in [0.1, 0.15) is 343 Å². The minimum absolute atomic E-state index is 0.100. The maximum Gasteiger partial charge on any atom is 0.472 e. The lowest BCUT2D eigenvalue weighted by Gasteiger charge is -2.21. The monoisotopic (exact) mass is 1330 g/mol. The Hall–Kier alpha value is -2.46. The van der Waals surface area contributed by atoms with Gasteiger partial charge in [-0.05, 0) is 63.2 Å². The molecule has 0 aliphatic carbocycles.